The lowest BCUT2D eigenvalue weighted by Crippen LogP contribution is -2.46. The minimum atomic E-state index is 0. The van der Waals surface area contributed by atoms with Crippen LogP contribution in [0, 0.1) is 5.92 Å². The molecule has 2 N–H and O–H groups in total. The number of guanidine groups is 1. The minimum absolute atomic E-state index is 0. The van der Waals surface area contributed by atoms with Crippen LogP contribution in [0.4, 0.5) is 0 Å². The van der Waals surface area contributed by atoms with Crippen molar-refractivity contribution >= 4 is 29.9 Å². The number of likely N-dealkylation sites (tertiary alicyclic amines) is 1. The average molecular weight is 421 g/mol. The second-order valence-corrected chi connectivity index (χ2v) is 6.06. The lowest BCUT2D eigenvalue weighted by Gasteiger charge is -2.21. The monoisotopic (exact) mass is 421 g/mol. The summed E-state index contributed by atoms with van der Waals surface area (Å²) >= 11 is 0. The molecule has 0 amide bonds. The van der Waals surface area contributed by atoms with Crippen LogP contribution in [0.3, 0.4) is 0 Å². The summed E-state index contributed by atoms with van der Waals surface area (Å²) in [6, 6.07) is 1.02. The minimum Gasteiger partial charge on any atom is -0.352 e. The Balaban J connectivity index is 0.00000242. The van der Waals surface area contributed by atoms with Gasteiger partial charge in [-0.3, -0.25) is 9.89 Å². The van der Waals surface area contributed by atoms with Gasteiger partial charge in [0, 0.05) is 39.3 Å². The molecular weight excluding hydrogens is 393 g/mol. The second-order valence-electron chi connectivity index (χ2n) is 6.06. The summed E-state index contributed by atoms with van der Waals surface area (Å²) in [5.74, 6) is 2.32. The first-order valence-corrected chi connectivity index (χ1v) is 7.55. The number of aryl methyl sites for hydroxylation is 1. The number of rotatable bonds is 4. The molecule has 1 aliphatic rings. The highest BCUT2D eigenvalue weighted by atomic mass is 127. The second kappa shape index (κ2) is 8.66. The highest BCUT2D eigenvalue weighted by Crippen LogP contribution is 2.18. The SMILES string of the molecule is CN=C(NCc1nncn1C)NC1CN(C(C)C)CC1C.I. The van der Waals surface area contributed by atoms with Gasteiger partial charge in [-0.1, -0.05) is 6.92 Å². The van der Waals surface area contributed by atoms with Gasteiger partial charge >= 0.3 is 0 Å². The van der Waals surface area contributed by atoms with Crippen molar-refractivity contribution in [2.45, 2.75) is 39.4 Å². The Morgan fingerprint density at radius 1 is 1.45 bits per heavy atom. The Labute approximate surface area is 150 Å². The number of nitrogens with one attached hydrogen (secondary N) is 2. The average Bonchev–Trinajstić information content (AvgIpc) is 3.01. The first-order chi connectivity index (χ1) is 10.0. The molecule has 0 saturated carbocycles. The molecule has 2 heterocycles. The van der Waals surface area contributed by atoms with Crippen LogP contribution in [0.1, 0.15) is 26.6 Å². The third kappa shape index (κ3) is 4.80. The van der Waals surface area contributed by atoms with Crippen molar-refractivity contribution in [2.24, 2.45) is 18.0 Å². The van der Waals surface area contributed by atoms with Gasteiger partial charge < -0.3 is 15.2 Å². The zero-order chi connectivity index (χ0) is 15.4. The molecule has 126 valence electrons. The zero-order valence-corrected chi connectivity index (χ0v) is 16.4. The first-order valence-electron chi connectivity index (χ1n) is 7.55. The van der Waals surface area contributed by atoms with Gasteiger partial charge in [0.05, 0.1) is 6.54 Å². The fourth-order valence-corrected chi connectivity index (χ4v) is 2.61. The smallest absolute Gasteiger partial charge is 0.191 e. The van der Waals surface area contributed by atoms with Crippen LogP contribution in [0.25, 0.3) is 0 Å². The van der Waals surface area contributed by atoms with Crippen molar-refractivity contribution in [2.75, 3.05) is 20.1 Å². The van der Waals surface area contributed by atoms with Crippen molar-refractivity contribution in [3.63, 3.8) is 0 Å². The van der Waals surface area contributed by atoms with Gasteiger partial charge in [0.15, 0.2) is 11.8 Å². The number of hydrogen-bond donors (Lipinski definition) is 2. The molecule has 0 aromatic carbocycles. The van der Waals surface area contributed by atoms with Gasteiger partial charge in [-0.15, -0.1) is 34.2 Å². The molecule has 22 heavy (non-hydrogen) atoms. The van der Waals surface area contributed by atoms with Crippen molar-refractivity contribution in [1.82, 2.24) is 30.3 Å². The molecular formula is C14H28IN7. The van der Waals surface area contributed by atoms with Crippen LogP contribution < -0.4 is 10.6 Å². The van der Waals surface area contributed by atoms with Crippen LogP contribution in [0.2, 0.25) is 0 Å². The maximum Gasteiger partial charge on any atom is 0.191 e. The molecule has 1 fully saturated rings. The van der Waals surface area contributed by atoms with E-state index in [1.54, 1.807) is 13.4 Å². The van der Waals surface area contributed by atoms with E-state index in [0.29, 0.717) is 24.5 Å². The number of hydrogen-bond acceptors (Lipinski definition) is 4. The number of nitrogens with zero attached hydrogens (tertiary/aromatic N) is 5. The zero-order valence-electron chi connectivity index (χ0n) is 14.1. The molecule has 1 aromatic heterocycles. The van der Waals surface area contributed by atoms with Crippen molar-refractivity contribution < 1.29 is 0 Å². The topological polar surface area (TPSA) is 70.4 Å². The molecule has 0 radical (unpaired) electrons. The summed E-state index contributed by atoms with van der Waals surface area (Å²) in [4.78, 5) is 6.80. The van der Waals surface area contributed by atoms with Gasteiger partial charge in [0.2, 0.25) is 0 Å². The molecule has 8 heteroatoms. The molecule has 1 saturated heterocycles. The van der Waals surface area contributed by atoms with Crippen molar-refractivity contribution in [3.05, 3.63) is 12.2 Å². The van der Waals surface area contributed by atoms with E-state index in [2.05, 4.69) is 51.5 Å². The molecule has 0 aliphatic carbocycles. The summed E-state index contributed by atoms with van der Waals surface area (Å²) in [6.45, 7) is 9.59. The summed E-state index contributed by atoms with van der Waals surface area (Å²) in [7, 11) is 3.73. The molecule has 0 bridgehead atoms. The lowest BCUT2D eigenvalue weighted by molar-refractivity contribution is 0.265. The molecule has 2 atom stereocenters. The number of halogens is 1. The van der Waals surface area contributed by atoms with E-state index in [0.717, 1.165) is 24.9 Å². The van der Waals surface area contributed by atoms with Gasteiger partial charge in [-0.2, -0.15) is 0 Å². The van der Waals surface area contributed by atoms with Crippen molar-refractivity contribution in [1.29, 1.82) is 0 Å². The summed E-state index contributed by atoms with van der Waals surface area (Å²) in [5, 5.41) is 14.8. The molecule has 1 aromatic rings. The highest BCUT2D eigenvalue weighted by Gasteiger charge is 2.31. The van der Waals surface area contributed by atoms with E-state index < -0.39 is 0 Å². The fraction of sp³-hybridized carbons (Fsp3) is 0.786. The third-order valence-electron chi connectivity index (χ3n) is 4.14. The largest absolute Gasteiger partial charge is 0.352 e. The van der Waals surface area contributed by atoms with E-state index in [1.165, 1.54) is 0 Å². The van der Waals surface area contributed by atoms with Crippen LogP contribution in [-0.4, -0.2) is 57.8 Å². The predicted octanol–water partition coefficient (Wildman–Crippen LogP) is 0.827. The van der Waals surface area contributed by atoms with E-state index in [4.69, 9.17) is 0 Å². The number of aliphatic imine (C=N–C) groups is 1. The van der Waals surface area contributed by atoms with E-state index in [1.807, 2.05) is 11.6 Å². The standard InChI is InChI=1S/C14H27N7.HI/c1-10(2)21-7-11(3)12(8-21)18-14(15-4)16-6-13-19-17-9-20(13)5;/h9-12H,6-8H2,1-5H3,(H2,15,16,18);1H. The first kappa shape index (κ1) is 19.1. The normalized spacial score (nSPS) is 22.7. The van der Waals surface area contributed by atoms with E-state index >= 15 is 0 Å². The van der Waals surface area contributed by atoms with Crippen molar-refractivity contribution in [3.8, 4) is 0 Å². The van der Waals surface area contributed by atoms with Crippen LogP contribution in [0.15, 0.2) is 11.3 Å². The Hall–Kier alpha value is -0.900. The predicted molar refractivity (Wildman–Crippen MR) is 99.4 cm³/mol. The summed E-state index contributed by atoms with van der Waals surface area (Å²) in [5.41, 5.74) is 0. The summed E-state index contributed by atoms with van der Waals surface area (Å²) < 4.78 is 1.90. The van der Waals surface area contributed by atoms with Crippen LogP contribution in [0.5, 0.6) is 0 Å². The van der Waals surface area contributed by atoms with Crippen LogP contribution >= 0.6 is 24.0 Å². The lowest BCUT2D eigenvalue weighted by atomic mass is 10.1. The van der Waals surface area contributed by atoms with Gasteiger partial charge in [-0.05, 0) is 19.8 Å². The maximum atomic E-state index is 4.30. The van der Waals surface area contributed by atoms with E-state index in [9.17, 15) is 0 Å². The quantitative estimate of drug-likeness (QED) is 0.428. The maximum absolute atomic E-state index is 4.30. The van der Waals surface area contributed by atoms with Gasteiger partial charge in [0.1, 0.15) is 6.33 Å². The Bertz CT molecular complexity index is 485. The Morgan fingerprint density at radius 2 is 2.18 bits per heavy atom. The third-order valence-corrected chi connectivity index (χ3v) is 4.14. The van der Waals surface area contributed by atoms with Gasteiger partial charge in [-0.25, -0.2) is 0 Å². The highest BCUT2D eigenvalue weighted by molar-refractivity contribution is 14.0. The fourth-order valence-electron chi connectivity index (χ4n) is 2.61. The molecule has 2 unspecified atom stereocenters. The van der Waals surface area contributed by atoms with Crippen LogP contribution in [-0.2, 0) is 13.6 Å². The molecule has 2 rings (SSSR count). The van der Waals surface area contributed by atoms with Gasteiger partial charge in [0.25, 0.3) is 0 Å². The molecule has 1 aliphatic heterocycles. The molecule has 0 spiro atoms. The number of aromatic nitrogens is 3. The Morgan fingerprint density at radius 3 is 2.68 bits per heavy atom. The van der Waals surface area contributed by atoms with E-state index in [-0.39, 0.29) is 24.0 Å². The molecule has 7 nitrogen and oxygen atoms in total. The summed E-state index contributed by atoms with van der Waals surface area (Å²) in [6.07, 6.45) is 1.70. The Kier molecular flexibility index (Phi) is 7.54.